The average Bonchev–Trinajstić information content (AvgIpc) is 2.05. The molecule has 0 unspecified atom stereocenters. The molecule has 0 aromatic carbocycles. The Kier molecular flexibility index (Phi) is 2.65. The van der Waals surface area contributed by atoms with Crippen molar-refractivity contribution >= 4 is 5.97 Å². The van der Waals surface area contributed by atoms with E-state index >= 15 is 0 Å². The van der Waals surface area contributed by atoms with Crippen LogP contribution in [-0.2, 0) is 19.0 Å². The third-order valence-electron chi connectivity index (χ3n) is 1.34. The molecule has 1 heterocycles. The van der Waals surface area contributed by atoms with Crippen LogP contribution in [0.1, 0.15) is 6.42 Å². The Labute approximate surface area is 59.1 Å². The van der Waals surface area contributed by atoms with Gasteiger partial charge in [-0.05, 0) is 0 Å². The summed E-state index contributed by atoms with van der Waals surface area (Å²) in [5.74, 6) is -0.316. The Morgan fingerprint density at radius 2 is 2.50 bits per heavy atom. The van der Waals surface area contributed by atoms with Crippen LogP contribution < -0.4 is 0 Å². The van der Waals surface area contributed by atoms with E-state index in [4.69, 9.17) is 9.47 Å². The number of hydrogen-bond acceptors (Lipinski definition) is 4. The van der Waals surface area contributed by atoms with Gasteiger partial charge in [0.15, 0.2) is 6.10 Å². The topological polar surface area (TPSA) is 44.8 Å². The van der Waals surface area contributed by atoms with Crippen molar-refractivity contribution in [2.75, 3.05) is 20.5 Å². The van der Waals surface area contributed by atoms with Crippen LogP contribution in [0.4, 0.5) is 0 Å². The lowest BCUT2D eigenvalue weighted by atomic mass is 10.2. The minimum Gasteiger partial charge on any atom is -0.467 e. The number of methoxy groups -OCH3 is 1. The molecule has 4 heteroatoms. The molecule has 0 radical (unpaired) electrons. The molecule has 0 aromatic rings. The Morgan fingerprint density at radius 1 is 1.70 bits per heavy atom. The second-order valence-electron chi connectivity index (χ2n) is 1.99. The van der Waals surface area contributed by atoms with Crippen molar-refractivity contribution in [1.82, 2.24) is 0 Å². The zero-order chi connectivity index (χ0) is 7.40. The fourth-order valence-corrected chi connectivity index (χ4v) is 0.780. The molecule has 0 aromatic heterocycles. The molecular formula is C6H10O4. The fourth-order valence-electron chi connectivity index (χ4n) is 0.780. The summed E-state index contributed by atoms with van der Waals surface area (Å²) in [6.07, 6.45) is 0.172. The van der Waals surface area contributed by atoms with Gasteiger partial charge in [-0.25, -0.2) is 4.79 Å². The van der Waals surface area contributed by atoms with Crippen molar-refractivity contribution in [3.8, 4) is 0 Å². The molecule has 0 amide bonds. The highest BCUT2D eigenvalue weighted by atomic mass is 16.7. The first kappa shape index (κ1) is 7.50. The first-order valence-electron chi connectivity index (χ1n) is 3.12. The summed E-state index contributed by atoms with van der Waals surface area (Å²) >= 11 is 0. The van der Waals surface area contributed by atoms with Crippen LogP contribution in [0, 0.1) is 0 Å². The van der Waals surface area contributed by atoms with Crippen molar-refractivity contribution in [2.24, 2.45) is 0 Å². The number of rotatable bonds is 1. The lowest BCUT2D eigenvalue weighted by Gasteiger charge is -2.19. The molecule has 1 saturated heterocycles. The molecule has 0 bridgehead atoms. The molecular weight excluding hydrogens is 136 g/mol. The van der Waals surface area contributed by atoms with E-state index in [9.17, 15) is 4.79 Å². The quantitative estimate of drug-likeness (QED) is 0.485. The molecule has 1 aliphatic heterocycles. The Morgan fingerprint density at radius 3 is 3.00 bits per heavy atom. The molecule has 1 atom stereocenters. The van der Waals surface area contributed by atoms with Gasteiger partial charge in [0.1, 0.15) is 6.79 Å². The Hall–Kier alpha value is -0.610. The van der Waals surface area contributed by atoms with Gasteiger partial charge < -0.3 is 14.2 Å². The van der Waals surface area contributed by atoms with E-state index in [2.05, 4.69) is 4.74 Å². The normalized spacial score (nSPS) is 25.9. The molecule has 1 rings (SSSR count). The molecule has 0 aliphatic carbocycles. The average molecular weight is 146 g/mol. The summed E-state index contributed by atoms with van der Waals surface area (Å²) < 4.78 is 14.3. The van der Waals surface area contributed by atoms with Crippen LogP contribution >= 0.6 is 0 Å². The Bertz CT molecular complexity index is 117. The van der Waals surface area contributed by atoms with Gasteiger partial charge in [-0.2, -0.15) is 0 Å². The SMILES string of the molecule is COC(=O)[C@H]1CCOCO1. The minimum absolute atomic E-state index is 0.194. The van der Waals surface area contributed by atoms with Crippen LogP contribution in [-0.4, -0.2) is 32.6 Å². The molecule has 0 saturated carbocycles. The first-order valence-corrected chi connectivity index (χ1v) is 3.12. The van der Waals surface area contributed by atoms with E-state index in [0.717, 1.165) is 0 Å². The number of esters is 1. The second-order valence-corrected chi connectivity index (χ2v) is 1.99. The van der Waals surface area contributed by atoms with Crippen molar-refractivity contribution in [3.63, 3.8) is 0 Å². The van der Waals surface area contributed by atoms with E-state index in [1.54, 1.807) is 0 Å². The summed E-state index contributed by atoms with van der Waals surface area (Å²) in [6.45, 7) is 0.763. The summed E-state index contributed by atoms with van der Waals surface area (Å²) in [5.41, 5.74) is 0. The zero-order valence-electron chi connectivity index (χ0n) is 5.83. The lowest BCUT2D eigenvalue weighted by molar-refractivity contribution is -0.180. The van der Waals surface area contributed by atoms with Crippen molar-refractivity contribution in [3.05, 3.63) is 0 Å². The smallest absolute Gasteiger partial charge is 0.335 e. The highest BCUT2D eigenvalue weighted by Gasteiger charge is 2.22. The van der Waals surface area contributed by atoms with Crippen LogP contribution in [0.15, 0.2) is 0 Å². The minimum atomic E-state index is -0.418. The summed E-state index contributed by atoms with van der Waals surface area (Å²) in [6, 6.07) is 0. The first-order chi connectivity index (χ1) is 4.84. The van der Waals surface area contributed by atoms with Gasteiger partial charge in [0.2, 0.25) is 0 Å². The lowest BCUT2D eigenvalue weighted by Crippen LogP contribution is -2.32. The van der Waals surface area contributed by atoms with Crippen molar-refractivity contribution in [1.29, 1.82) is 0 Å². The van der Waals surface area contributed by atoms with E-state index < -0.39 is 6.10 Å². The van der Waals surface area contributed by atoms with Crippen LogP contribution in [0.5, 0.6) is 0 Å². The molecule has 1 fully saturated rings. The maximum atomic E-state index is 10.8. The third-order valence-corrected chi connectivity index (χ3v) is 1.34. The summed E-state index contributed by atoms with van der Waals surface area (Å²) in [4.78, 5) is 10.8. The maximum absolute atomic E-state index is 10.8. The van der Waals surface area contributed by atoms with E-state index in [0.29, 0.717) is 13.0 Å². The molecule has 0 spiro atoms. The van der Waals surface area contributed by atoms with Gasteiger partial charge in [-0.15, -0.1) is 0 Å². The summed E-state index contributed by atoms with van der Waals surface area (Å²) in [7, 11) is 1.35. The second kappa shape index (κ2) is 3.53. The monoisotopic (exact) mass is 146 g/mol. The molecule has 4 nitrogen and oxygen atoms in total. The van der Waals surface area contributed by atoms with Crippen LogP contribution in [0.25, 0.3) is 0 Å². The van der Waals surface area contributed by atoms with Gasteiger partial charge in [0.05, 0.1) is 13.7 Å². The van der Waals surface area contributed by atoms with E-state index in [1.165, 1.54) is 7.11 Å². The predicted molar refractivity (Wildman–Crippen MR) is 32.3 cm³/mol. The maximum Gasteiger partial charge on any atom is 0.335 e. The largest absolute Gasteiger partial charge is 0.467 e. The predicted octanol–water partition coefficient (Wildman–Crippen LogP) is -0.0776. The molecule has 10 heavy (non-hydrogen) atoms. The van der Waals surface area contributed by atoms with Crippen LogP contribution in [0.2, 0.25) is 0 Å². The number of ether oxygens (including phenoxy) is 3. The standard InChI is InChI=1S/C6H10O4/c1-8-6(7)5-2-3-9-4-10-5/h5H,2-4H2,1H3/t5-/m1/s1. The van der Waals surface area contributed by atoms with E-state index in [-0.39, 0.29) is 12.8 Å². The molecule has 0 N–H and O–H groups in total. The zero-order valence-corrected chi connectivity index (χ0v) is 5.83. The number of hydrogen-bond donors (Lipinski definition) is 0. The van der Waals surface area contributed by atoms with Gasteiger partial charge >= 0.3 is 5.97 Å². The number of carbonyl (C=O) groups is 1. The fraction of sp³-hybridized carbons (Fsp3) is 0.833. The molecule has 58 valence electrons. The summed E-state index contributed by atoms with van der Waals surface area (Å²) in [5, 5.41) is 0. The van der Waals surface area contributed by atoms with Gasteiger partial charge in [-0.1, -0.05) is 0 Å². The van der Waals surface area contributed by atoms with Crippen molar-refractivity contribution < 1.29 is 19.0 Å². The Balaban J connectivity index is 2.31. The molecule has 1 aliphatic rings. The van der Waals surface area contributed by atoms with Crippen LogP contribution in [0.3, 0.4) is 0 Å². The highest BCUT2D eigenvalue weighted by molar-refractivity contribution is 5.74. The number of carbonyl (C=O) groups excluding carboxylic acids is 1. The van der Waals surface area contributed by atoms with Crippen molar-refractivity contribution in [2.45, 2.75) is 12.5 Å². The van der Waals surface area contributed by atoms with Gasteiger partial charge in [-0.3, -0.25) is 0 Å². The highest BCUT2D eigenvalue weighted by Crippen LogP contribution is 2.06. The van der Waals surface area contributed by atoms with E-state index in [1.807, 2.05) is 0 Å². The van der Waals surface area contributed by atoms with Gasteiger partial charge in [0, 0.05) is 6.42 Å². The van der Waals surface area contributed by atoms with Gasteiger partial charge in [0.25, 0.3) is 0 Å². The third kappa shape index (κ3) is 1.68.